The van der Waals surface area contributed by atoms with Crippen LogP contribution < -0.4 is 4.90 Å². The van der Waals surface area contributed by atoms with Crippen molar-refractivity contribution in [3.05, 3.63) is 30.3 Å². The largest absolute Gasteiger partial charge is 0.316 e. The van der Waals surface area contributed by atoms with E-state index in [1.165, 1.54) is 0 Å². The predicted molar refractivity (Wildman–Crippen MR) is 49.8 cm³/mol. The summed E-state index contributed by atoms with van der Waals surface area (Å²) in [6, 6.07) is 9.56. The van der Waals surface area contributed by atoms with Crippen LogP contribution in [0.15, 0.2) is 30.3 Å². The van der Waals surface area contributed by atoms with Crippen molar-refractivity contribution < 1.29 is 4.79 Å². The Bertz CT molecular complexity index is 233. The molecule has 0 aliphatic rings. The quantitative estimate of drug-likeness (QED) is 0.620. The number of hydrogen-bond acceptors (Lipinski definition) is 1. The summed E-state index contributed by atoms with van der Waals surface area (Å²) in [5.41, 5.74) is 0.911. The number of para-hydroxylation sites is 1. The third-order valence-electron chi connectivity index (χ3n) is 1.63. The maximum atomic E-state index is 10.5. The van der Waals surface area contributed by atoms with Gasteiger partial charge in [-0.25, -0.2) is 0 Å². The fourth-order valence-corrected chi connectivity index (χ4v) is 1.06. The zero-order chi connectivity index (χ0) is 8.81. The maximum absolute atomic E-state index is 10.5. The monoisotopic (exact) mass is 162 g/mol. The summed E-state index contributed by atoms with van der Waals surface area (Å²) in [6.45, 7) is 2.76. The first-order valence-electron chi connectivity index (χ1n) is 4.09. The number of carbonyl (C=O) groups excluding carboxylic acids is 1. The Morgan fingerprint density at radius 3 is 2.50 bits per heavy atom. The average molecular weight is 162 g/mol. The first kappa shape index (κ1) is 8.78. The van der Waals surface area contributed by atoms with Gasteiger partial charge in [0.25, 0.3) is 0 Å². The van der Waals surface area contributed by atoms with E-state index in [4.69, 9.17) is 0 Å². The summed E-state index contributed by atoms with van der Waals surface area (Å²) < 4.78 is 0. The fourth-order valence-electron chi connectivity index (χ4n) is 1.06. The van der Waals surface area contributed by atoms with Gasteiger partial charge < -0.3 is 4.90 Å². The molecule has 0 fully saturated rings. The van der Waals surface area contributed by atoms with Gasteiger partial charge in [0.15, 0.2) is 0 Å². The number of amides is 1. The molecule has 0 aromatic heterocycles. The van der Waals surface area contributed by atoms with Crippen LogP contribution in [-0.2, 0) is 4.79 Å². The van der Waals surface area contributed by atoms with Crippen LogP contribution in [0.25, 0.3) is 0 Å². The first-order valence-corrected chi connectivity index (χ1v) is 4.09. The van der Waals surface area contributed by atoms with Crippen LogP contribution in [0.1, 0.15) is 13.3 Å². The second-order valence-corrected chi connectivity index (χ2v) is 2.58. The minimum Gasteiger partial charge on any atom is -0.304 e. The second-order valence-electron chi connectivity index (χ2n) is 2.58. The van der Waals surface area contributed by atoms with Crippen molar-refractivity contribution in [2.75, 3.05) is 11.4 Å². The highest BCUT2D eigenvalue weighted by molar-refractivity contribution is 5.75. The van der Waals surface area contributed by atoms with Gasteiger partial charge in [0.1, 0.15) is 0 Å². The van der Waals surface area contributed by atoms with E-state index in [2.05, 4.69) is 0 Å². The van der Waals surface area contributed by atoms with Gasteiger partial charge in [-0.3, -0.25) is 4.79 Å². The molecule has 0 atom stereocenters. The van der Waals surface area contributed by atoms with Crippen LogP contribution in [0.3, 0.4) is 0 Å². The van der Waals surface area contributed by atoms with Crippen molar-refractivity contribution in [3.63, 3.8) is 0 Å². The van der Waals surface area contributed by atoms with Crippen molar-refractivity contribution in [1.82, 2.24) is 0 Å². The van der Waals surface area contributed by atoms with Crippen molar-refractivity contribution in [1.29, 1.82) is 0 Å². The molecular formula is C10H12NO. The Balaban J connectivity index is 2.73. The van der Waals surface area contributed by atoms with Crippen LogP contribution in [-0.4, -0.2) is 13.0 Å². The molecule has 2 nitrogen and oxygen atoms in total. The molecule has 0 aliphatic carbocycles. The summed E-state index contributed by atoms with van der Waals surface area (Å²) >= 11 is 0. The zero-order valence-electron chi connectivity index (χ0n) is 7.16. The first-order chi connectivity index (χ1) is 5.88. The molecule has 1 radical (unpaired) electrons. The molecule has 63 valence electrons. The molecule has 0 N–H and O–H groups in total. The standard InChI is InChI=1S/C10H12NO/c1-2-8-11(9-12)10-6-4-3-5-7-10/h3-7H,2,8H2,1H3. The summed E-state index contributed by atoms with van der Waals surface area (Å²) in [5, 5.41) is 0. The van der Waals surface area contributed by atoms with Crippen molar-refractivity contribution >= 4 is 12.1 Å². The molecule has 0 heterocycles. The van der Waals surface area contributed by atoms with Gasteiger partial charge in [-0.05, 0) is 18.6 Å². The lowest BCUT2D eigenvalue weighted by Gasteiger charge is -2.14. The van der Waals surface area contributed by atoms with Gasteiger partial charge in [0.2, 0.25) is 0 Å². The number of anilines is 1. The maximum Gasteiger partial charge on any atom is 0.316 e. The minimum absolute atomic E-state index is 0.730. The molecule has 0 aliphatic heterocycles. The van der Waals surface area contributed by atoms with E-state index in [9.17, 15) is 4.79 Å². The molecule has 0 saturated heterocycles. The molecule has 2 heteroatoms. The smallest absolute Gasteiger partial charge is 0.304 e. The lowest BCUT2D eigenvalue weighted by molar-refractivity contribution is 0.550. The van der Waals surface area contributed by atoms with Crippen LogP contribution >= 0.6 is 0 Å². The minimum atomic E-state index is 0.730. The Hall–Kier alpha value is -1.31. The molecule has 0 bridgehead atoms. The molecule has 12 heavy (non-hydrogen) atoms. The van der Waals surface area contributed by atoms with Crippen molar-refractivity contribution in [2.24, 2.45) is 0 Å². The van der Waals surface area contributed by atoms with Gasteiger partial charge in [0, 0.05) is 12.2 Å². The molecule has 1 rings (SSSR count). The van der Waals surface area contributed by atoms with Crippen LogP contribution in [0.2, 0.25) is 0 Å². The zero-order valence-corrected chi connectivity index (χ0v) is 7.16. The molecule has 0 saturated carbocycles. The van der Waals surface area contributed by atoms with Crippen LogP contribution in [0, 0.1) is 0 Å². The van der Waals surface area contributed by atoms with Gasteiger partial charge >= 0.3 is 6.41 Å². The third kappa shape index (κ3) is 2.09. The lowest BCUT2D eigenvalue weighted by atomic mass is 10.3. The van der Waals surface area contributed by atoms with Crippen molar-refractivity contribution in [2.45, 2.75) is 13.3 Å². The summed E-state index contributed by atoms with van der Waals surface area (Å²) in [7, 11) is 0. The molecule has 1 aromatic carbocycles. The number of hydrogen-bond donors (Lipinski definition) is 0. The Kier molecular flexibility index (Phi) is 3.33. The van der Waals surface area contributed by atoms with E-state index in [1.807, 2.05) is 43.7 Å². The Labute approximate surface area is 72.8 Å². The Morgan fingerprint density at radius 2 is 2.00 bits per heavy atom. The predicted octanol–water partition coefficient (Wildman–Crippen LogP) is 1.97. The molecule has 0 spiro atoms. The van der Waals surface area contributed by atoms with E-state index >= 15 is 0 Å². The van der Waals surface area contributed by atoms with E-state index in [-0.39, 0.29) is 0 Å². The lowest BCUT2D eigenvalue weighted by Crippen LogP contribution is -2.21. The second kappa shape index (κ2) is 4.54. The van der Waals surface area contributed by atoms with Gasteiger partial charge in [0.05, 0.1) is 0 Å². The number of rotatable bonds is 4. The number of nitrogens with zero attached hydrogens (tertiary/aromatic N) is 1. The van der Waals surface area contributed by atoms with Crippen LogP contribution in [0.4, 0.5) is 5.69 Å². The molecule has 1 aromatic rings. The molecule has 1 amide bonds. The highest BCUT2D eigenvalue weighted by atomic mass is 16.1. The van der Waals surface area contributed by atoms with E-state index in [0.717, 1.165) is 18.7 Å². The summed E-state index contributed by atoms with van der Waals surface area (Å²) in [5.74, 6) is 0. The third-order valence-corrected chi connectivity index (χ3v) is 1.63. The van der Waals surface area contributed by atoms with Gasteiger partial charge in [-0.1, -0.05) is 25.1 Å². The SMILES string of the molecule is CCCN([C]=O)c1ccccc1. The number of benzene rings is 1. The Morgan fingerprint density at radius 1 is 1.33 bits per heavy atom. The van der Waals surface area contributed by atoms with E-state index in [0.29, 0.717) is 0 Å². The average Bonchev–Trinajstić information content (AvgIpc) is 2.15. The highest BCUT2D eigenvalue weighted by Gasteiger charge is 2.02. The van der Waals surface area contributed by atoms with Crippen molar-refractivity contribution in [3.8, 4) is 0 Å². The van der Waals surface area contributed by atoms with Crippen LogP contribution in [0.5, 0.6) is 0 Å². The summed E-state index contributed by atoms with van der Waals surface area (Å²) in [6.07, 6.45) is 2.85. The van der Waals surface area contributed by atoms with E-state index in [1.54, 1.807) is 4.90 Å². The topological polar surface area (TPSA) is 20.3 Å². The summed E-state index contributed by atoms with van der Waals surface area (Å²) in [4.78, 5) is 12.1. The molecular weight excluding hydrogens is 150 g/mol. The normalized spacial score (nSPS) is 9.42. The molecule has 0 unspecified atom stereocenters. The fraction of sp³-hybridized carbons (Fsp3) is 0.300. The van der Waals surface area contributed by atoms with E-state index < -0.39 is 0 Å². The van der Waals surface area contributed by atoms with Gasteiger partial charge in [-0.15, -0.1) is 0 Å². The van der Waals surface area contributed by atoms with Gasteiger partial charge in [-0.2, -0.15) is 0 Å². The highest BCUT2D eigenvalue weighted by Crippen LogP contribution is 2.10.